The Kier molecular flexibility index (Phi) is 4.15. The van der Waals surface area contributed by atoms with Crippen LogP contribution in [0.2, 0.25) is 0 Å². The first-order chi connectivity index (χ1) is 6.77. The van der Waals surface area contributed by atoms with Gasteiger partial charge in [-0.2, -0.15) is 0 Å². The van der Waals surface area contributed by atoms with Crippen LogP contribution in [0.25, 0.3) is 0 Å². The van der Waals surface area contributed by atoms with E-state index in [9.17, 15) is 4.79 Å². The maximum atomic E-state index is 11.4. The Morgan fingerprint density at radius 2 is 2.21 bits per heavy atom. The van der Waals surface area contributed by atoms with E-state index in [4.69, 9.17) is 15.9 Å². The molecule has 0 bridgehead atoms. The first kappa shape index (κ1) is 10.7. The fourth-order valence-electron chi connectivity index (χ4n) is 1.00. The van der Waals surface area contributed by atoms with Gasteiger partial charge in [-0.1, -0.05) is 0 Å². The fraction of sp³-hybridized carbons (Fsp3) is 0.444. The van der Waals surface area contributed by atoms with Crippen molar-refractivity contribution in [1.29, 1.82) is 0 Å². The molecular formula is C9H15N3O2. The van der Waals surface area contributed by atoms with Gasteiger partial charge in [-0.3, -0.25) is 4.79 Å². The van der Waals surface area contributed by atoms with Crippen LogP contribution in [-0.2, 0) is 6.54 Å². The molecule has 0 spiro atoms. The molecule has 0 unspecified atom stereocenters. The number of carbonyl (C=O) groups is 1. The summed E-state index contributed by atoms with van der Waals surface area (Å²) in [5.41, 5.74) is 10.6. The van der Waals surface area contributed by atoms with Crippen LogP contribution in [0.1, 0.15) is 22.7 Å². The zero-order chi connectivity index (χ0) is 10.4. The number of hydrogen-bond donors (Lipinski definition) is 3. The Bertz CT molecular complexity index is 296. The van der Waals surface area contributed by atoms with Crippen LogP contribution in [0.5, 0.6) is 0 Å². The van der Waals surface area contributed by atoms with Crippen molar-refractivity contribution in [1.82, 2.24) is 5.32 Å². The lowest BCUT2D eigenvalue weighted by Crippen LogP contribution is -2.25. The molecule has 1 aromatic heterocycles. The van der Waals surface area contributed by atoms with E-state index in [-0.39, 0.29) is 5.91 Å². The molecule has 1 rings (SSSR count). The van der Waals surface area contributed by atoms with Crippen LogP contribution >= 0.6 is 0 Å². The minimum absolute atomic E-state index is 0.224. The van der Waals surface area contributed by atoms with E-state index < -0.39 is 0 Å². The minimum Gasteiger partial charge on any atom is -0.455 e. The van der Waals surface area contributed by atoms with Crippen LogP contribution in [0.15, 0.2) is 16.5 Å². The molecule has 14 heavy (non-hydrogen) atoms. The number of amides is 1. The maximum absolute atomic E-state index is 11.4. The molecule has 0 aliphatic carbocycles. The smallest absolute Gasteiger partial charge is 0.286 e. The second-order valence-electron chi connectivity index (χ2n) is 2.87. The predicted octanol–water partition coefficient (Wildman–Crippen LogP) is -0.183. The Hall–Kier alpha value is -1.33. The highest BCUT2D eigenvalue weighted by Crippen LogP contribution is 2.06. The number of nitrogens with two attached hydrogens (primary N) is 2. The third-order valence-electron chi connectivity index (χ3n) is 1.75. The lowest BCUT2D eigenvalue weighted by Gasteiger charge is -2.00. The average Bonchev–Trinajstić information content (AvgIpc) is 2.66. The van der Waals surface area contributed by atoms with Crippen LogP contribution in [0, 0.1) is 0 Å². The molecule has 5 nitrogen and oxygen atoms in total. The van der Waals surface area contributed by atoms with E-state index in [1.807, 2.05) is 0 Å². The summed E-state index contributed by atoms with van der Waals surface area (Å²) in [6, 6.07) is 3.30. The molecule has 0 saturated carbocycles. The summed E-state index contributed by atoms with van der Waals surface area (Å²) in [6.07, 6.45) is 0.760. The van der Waals surface area contributed by atoms with Crippen LogP contribution in [0.3, 0.4) is 0 Å². The van der Waals surface area contributed by atoms with Crippen molar-refractivity contribution < 1.29 is 9.21 Å². The molecule has 0 aliphatic rings. The van der Waals surface area contributed by atoms with Crippen LogP contribution in [-0.4, -0.2) is 19.0 Å². The highest BCUT2D eigenvalue weighted by atomic mass is 16.4. The monoisotopic (exact) mass is 197 g/mol. The van der Waals surface area contributed by atoms with Crippen molar-refractivity contribution in [3.8, 4) is 0 Å². The lowest BCUT2D eigenvalue weighted by atomic mass is 10.4. The highest BCUT2D eigenvalue weighted by molar-refractivity contribution is 5.91. The molecule has 0 radical (unpaired) electrons. The van der Waals surface area contributed by atoms with Gasteiger partial charge in [0.15, 0.2) is 5.76 Å². The Balaban J connectivity index is 2.44. The number of furan rings is 1. The SMILES string of the molecule is NCCCNC(=O)c1ccc(CN)o1. The highest BCUT2D eigenvalue weighted by Gasteiger charge is 2.09. The van der Waals surface area contributed by atoms with Gasteiger partial charge in [0.05, 0.1) is 6.54 Å². The number of rotatable bonds is 5. The molecule has 1 amide bonds. The second-order valence-corrected chi connectivity index (χ2v) is 2.87. The molecule has 1 heterocycles. The molecule has 0 saturated heterocycles. The van der Waals surface area contributed by atoms with Gasteiger partial charge in [0.1, 0.15) is 5.76 Å². The first-order valence-electron chi connectivity index (χ1n) is 4.55. The molecule has 0 aromatic carbocycles. The van der Waals surface area contributed by atoms with Crippen molar-refractivity contribution in [3.05, 3.63) is 23.7 Å². The summed E-state index contributed by atoms with van der Waals surface area (Å²) >= 11 is 0. The van der Waals surface area contributed by atoms with E-state index in [1.165, 1.54) is 0 Å². The van der Waals surface area contributed by atoms with Gasteiger partial charge in [0.2, 0.25) is 0 Å². The van der Waals surface area contributed by atoms with Gasteiger partial charge >= 0.3 is 0 Å². The summed E-state index contributed by atoms with van der Waals surface area (Å²) in [5.74, 6) is 0.676. The van der Waals surface area contributed by atoms with E-state index in [2.05, 4.69) is 5.32 Å². The van der Waals surface area contributed by atoms with E-state index in [0.29, 0.717) is 31.2 Å². The average molecular weight is 197 g/mol. The topological polar surface area (TPSA) is 94.3 Å². The molecule has 5 N–H and O–H groups in total. The quantitative estimate of drug-likeness (QED) is 0.570. The molecule has 0 atom stereocenters. The van der Waals surface area contributed by atoms with Gasteiger partial charge in [0, 0.05) is 6.54 Å². The zero-order valence-electron chi connectivity index (χ0n) is 7.95. The molecular weight excluding hydrogens is 182 g/mol. The zero-order valence-corrected chi connectivity index (χ0v) is 7.95. The number of carbonyl (C=O) groups excluding carboxylic acids is 1. The Labute approximate surface area is 82.4 Å². The minimum atomic E-state index is -0.224. The van der Waals surface area contributed by atoms with Crippen molar-refractivity contribution in [2.75, 3.05) is 13.1 Å². The fourth-order valence-corrected chi connectivity index (χ4v) is 1.00. The summed E-state index contributed by atoms with van der Waals surface area (Å²) in [4.78, 5) is 11.4. The van der Waals surface area contributed by atoms with Crippen molar-refractivity contribution in [2.24, 2.45) is 11.5 Å². The molecule has 5 heteroatoms. The number of hydrogen-bond acceptors (Lipinski definition) is 4. The van der Waals surface area contributed by atoms with Gasteiger partial charge in [0.25, 0.3) is 5.91 Å². The van der Waals surface area contributed by atoms with Gasteiger partial charge in [-0.15, -0.1) is 0 Å². The third-order valence-corrected chi connectivity index (χ3v) is 1.75. The Morgan fingerprint density at radius 1 is 1.43 bits per heavy atom. The van der Waals surface area contributed by atoms with Crippen LogP contribution < -0.4 is 16.8 Å². The molecule has 78 valence electrons. The Morgan fingerprint density at radius 3 is 2.79 bits per heavy atom. The van der Waals surface area contributed by atoms with E-state index in [0.717, 1.165) is 6.42 Å². The summed E-state index contributed by atoms with van der Waals surface area (Å²) in [6.45, 7) is 1.43. The summed E-state index contributed by atoms with van der Waals surface area (Å²) < 4.78 is 5.16. The summed E-state index contributed by atoms with van der Waals surface area (Å²) in [5, 5.41) is 2.68. The van der Waals surface area contributed by atoms with Gasteiger partial charge in [-0.25, -0.2) is 0 Å². The van der Waals surface area contributed by atoms with E-state index in [1.54, 1.807) is 12.1 Å². The third kappa shape index (κ3) is 2.86. The predicted molar refractivity (Wildman–Crippen MR) is 52.6 cm³/mol. The van der Waals surface area contributed by atoms with Crippen LogP contribution in [0.4, 0.5) is 0 Å². The molecule has 0 aliphatic heterocycles. The second kappa shape index (κ2) is 5.41. The lowest BCUT2D eigenvalue weighted by molar-refractivity contribution is 0.0924. The first-order valence-corrected chi connectivity index (χ1v) is 4.55. The standard InChI is InChI=1S/C9H15N3O2/c10-4-1-5-12-9(13)8-3-2-7(6-11)14-8/h2-3H,1,4-6,10-11H2,(H,12,13). The van der Waals surface area contributed by atoms with Gasteiger partial charge in [-0.05, 0) is 25.1 Å². The summed E-state index contributed by atoms with van der Waals surface area (Å²) in [7, 11) is 0. The largest absolute Gasteiger partial charge is 0.455 e. The molecule has 0 fully saturated rings. The van der Waals surface area contributed by atoms with E-state index >= 15 is 0 Å². The maximum Gasteiger partial charge on any atom is 0.286 e. The molecule has 1 aromatic rings. The van der Waals surface area contributed by atoms with Crippen molar-refractivity contribution >= 4 is 5.91 Å². The van der Waals surface area contributed by atoms with Crippen molar-refractivity contribution in [2.45, 2.75) is 13.0 Å². The van der Waals surface area contributed by atoms with Crippen molar-refractivity contribution in [3.63, 3.8) is 0 Å². The van der Waals surface area contributed by atoms with Gasteiger partial charge < -0.3 is 21.2 Å². The normalized spacial score (nSPS) is 10.1. The number of nitrogens with one attached hydrogen (secondary N) is 1.